The molecule has 0 aromatic carbocycles. The molecule has 0 aliphatic heterocycles. The number of imidazole rings is 1. The Bertz CT molecular complexity index is 589. The second-order valence-electron chi connectivity index (χ2n) is 4.03. The summed E-state index contributed by atoms with van der Waals surface area (Å²) in [6, 6.07) is 2.07. The molecule has 16 heavy (non-hydrogen) atoms. The van der Waals surface area contributed by atoms with E-state index >= 15 is 0 Å². The zero-order valence-electron chi connectivity index (χ0n) is 8.28. The van der Waals surface area contributed by atoms with Crippen LogP contribution in [0, 0.1) is 0 Å². The van der Waals surface area contributed by atoms with Crippen LogP contribution in [-0.2, 0) is 0 Å². The molecule has 3 rings (SSSR count). The van der Waals surface area contributed by atoms with E-state index in [2.05, 4.69) is 27.0 Å². The quantitative estimate of drug-likeness (QED) is 0.797. The van der Waals surface area contributed by atoms with Crippen LogP contribution in [0.4, 0.5) is 0 Å². The molecule has 0 amide bonds. The van der Waals surface area contributed by atoms with E-state index in [9.17, 15) is 4.79 Å². The van der Waals surface area contributed by atoms with Gasteiger partial charge in [0.1, 0.15) is 5.69 Å². The van der Waals surface area contributed by atoms with Crippen molar-refractivity contribution in [1.29, 1.82) is 0 Å². The number of pyridine rings is 1. The van der Waals surface area contributed by atoms with Crippen molar-refractivity contribution in [2.45, 2.75) is 18.8 Å². The molecule has 1 aliphatic carbocycles. The van der Waals surface area contributed by atoms with E-state index in [1.165, 1.54) is 18.4 Å². The lowest BCUT2D eigenvalue weighted by atomic mass is 10.2. The van der Waals surface area contributed by atoms with Crippen molar-refractivity contribution < 1.29 is 4.79 Å². The van der Waals surface area contributed by atoms with E-state index in [4.69, 9.17) is 11.6 Å². The first-order valence-electron chi connectivity index (χ1n) is 5.03. The lowest BCUT2D eigenvalue weighted by molar-refractivity contribution is 0.107. The normalized spacial score (nSPS) is 15.6. The number of hydrogen-bond acceptors (Lipinski definition) is 2. The number of hydrogen-bond donors (Lipinski definition) is 0. The smallest absolute Gasteiger partial charge is 0.272 e. The van der Waals surface area contributed by atoms with Crippen molar-refractivity contribution in [1.82, 2.24) is 9.38 Å². The number of rotatable bonds is 2. The van der Waals surface area contributed by atoms with Gasteiger partial charge in [0.15, 0.2) is 5.65 Å². The molecule has 1 fully saturated rings. The number of fused-ring (bicyclic) bond motifs is 1. The Morgan fingerprint density at radius 3 is 2.88 bits per heavy atom. The Kier molecular flexibility index (Phi) is 2.30. The first kappa shape index (κ1) is 10.3. The third kappa shape index (κ3) is 1.66. The summed E-state index contributed by atoms with van der Waals surface area (Å²) >= 11 is 8.88. The van der Waals surface area contributed by atoms with Gasteiger partial charge in [-0.3, -0.25) is 4.79 Å². The van der Waals surface area contributed by atoms with Crippen molar-refractivity contribution >= 4 is 38.4 Å². The Morgan fingerprint density at radius 1 is 1.50 bits per heavy atom. The average Bonchev–Trinajstić information content (AvgIpc) is 2.97. The summed E-state index contributed by atoms with van der Waals surface area (Å²) in [6.45, 7) is 0. The van der Waals surface area contributed by atoms with E-state index in [1.54, 1.807) is 6.20 Å². The van der Waals surface area contributed by atoms with Crippen LogP contribution in [0.1, 0.15) is 34.8 Å². The Morgan fingerprint density at radius 2 is 2.25 bits per heavy atom. The van der Waals surface area contributed by atoms with Gasteiger partial charge in [0.05, 0.1) is 4.47 Å². The van der Waals surface area contributed by atoms with Crippen LogP contribution < -0.4 is 0 Å². The number of carbonyl (C=O) groups is 1. The molecule has 0 saturated heterocycles. The molecular formula is C11H8BrClN2O. The number of nitrogens with zero attached hydrogens (tertiary/aromatic N) is 2. The predicted octanol–water partition coefficient (Wildman–Crippen LogP) is 3.35. The minimum Gasteiger partial charge on any atom is -0.305 e. The maximum Gasteiger partial charge on any atom is 0.272 e. The first-order valence-corrected chi connectivity index (χ1v) is 6.20. The summed E-state index contributed by atoms with van der Waals surface area (Å²) in [7, 11) is 0. The highest BCUT2D eigenvalue weighted by atomic mass is 79.9. The summed E-state index contributed by atoms with van der Waals surface area (Å²) in [5.41, 5.74) is 2.30. The van der Waals surface area contributed by atoms with Crippen LogP contribution in [0.15, 0.2) is 22.9 Å². The molecule has 2 aromatic rings. The van der Waals surface area contributed by atoms with E-state index < -0.39 is 5.24 Å². The molecule has 0 N–H and O–H groups in total. The van der Waals surface area contributed by atoms with Crippen LogP contribution in [-0.4, -0.2) is 14.6 Å². The first-order chi connectivity index (χ1) is 7.65. The molecule has 82 valence electrons. The fourth-order valence-electron chi connectivity index (χ4n) is 1.81. The van der Waals surface area contributed by atoms with Crippen molar-refractivity contribution in [3.05, 3.63) is 34.2 Å². The van der Waals surface area contributed by atoms with Crippen LogP contribution in [0.2, 0.25) is 0 Å². The standard InChI is InChI=1S/C11H8BrClN2O/c12-8-3-7(6-1-2-6)4-15-5-9(10(13)16)14-11(8)15/h3-6H,1-2H2. The molecule has 3 nitrogen and oxygen atoms in total. The van der Waals surface area contributed by atoms with Crippen LogP contribution in [0.3, 0.4) is 0 Å². The van der Waals surface area contributed by atoms with Crippen molar-refractivity contribution in [3.8, 4) is 0 Å². The monoisotopic (exact) mass is 298 g/mol. The topological polar surface area (TPSA) is 34.4 Å². The second-order valence-corrected chi connectivity index (χ2v) is 5.22. The summed E-state index contributed by atoms with van der Waals surface area (Å²) in [4.78, 5) is 15.2. The molecule has 0 bridgehead atoms. The van der Waals surface area contributed by atoms with Crippen LogP contribution in [0.5, 0.6) is 0 Å². The van der Waals surface area contributed by atoms with Crippen LogP contribution >= 0.6 is 27.5 Å². The molecule has 5 heteroatoms. The molecule has 0 unspecified atom stereocenters. The molecular weight excluding hydrogens is 291 g/mol. The Hall–Kier alpha value is -0.870. The molecule has 2 heterocycles. The van der Waals surface area contributed by atoms with E-state index in [-0.39, 0.29) is 5.69 Å². The van der Waals surface area contributed by atoms with Gasteiger partial charge in [0.25, 0.3) is 5.24 Å². The van der Waals surface area contributed by atoms with Crippen molar-refractivity contribution in [2.24, 2.45) is 0 Å². The number of halogens is 2. The average molecular weight is 300 g/mol. The molecule has 0 radical (unpaired) electrons. The lowest BCUT2D eigenvalue weighted by Crippen LogP contribution is -1.88. The molecule has 1 aliphatic rings. The van der Waals surface area contributed by atoms with E-state index in [0.717, 1.165) is 10.1 Å². The highest BCUT2D eigenvalue weighted by molar-refractivity contribution is 9.10. The van der Waals surface area contributed by atoms with Gasteiger partial charge in [-0.1, -0.05) is 0 Å². The minimum atomic E-state index is -0.524. The number of aromatic nitrogens is 2. The predicted molar refractivity (Wildman–Crippen MR) is 65.1 cm³/mol. The lowest BCUT2D eigenvalue weighted by Gasteiger charge is -2.01. The third-order valence-corrected chi connectivity index (χ3v) is 3.55. The van der Waals surface area contributed by atoms with Crippen LogP contribution in [0.25, 0.3) is 5.65 Å². The van der Waals surface area contributed by atoms with Gasteiger partial charge in [-0.15, -0.1) is 0 Å². The van der Waals surface area contributed by atoms with Crippen molar-refractivity contribution in [3.63, 3.8) is 0 Å². The highest BCUT2D eigenvalue weighted by Crippen LogP contribution is 2.41. The van der Waals surface area contributed by atoms with Gasteiger partial charge in [-0.05, 0) is 57.9 Å². The largest absolute Gasteiger partial charge is 0.305 e. The fourth-order valence-corrected chi connectivity index (χ4v) is 2.46. The van der Waals surface area contributed by atoms with Gasteiger partial charge in [0.2, 0.25) is 0 Å². The molecule has 1 saturated carbocycles. The van der Waals surface area contributed by atoms with E-state index in [1.807, 2.05) is 10.6 Å². The zero-order valence-corrected chi connectivity index (χ0v) is 10.6. The van der Waals surface area contributed by atoms with Gasteiger partial charge < -0.3 is 4.40 Å². The van der Waals surface area contributed by atoms with E-state index in [0.29, 0.717) is 5.92 Å². The van der Waals surface area contributed by atoms with Crippen molar-refractivity contribution in [2.75, 3.05) is 0 Å². The zero-order chi connectivity index (χ0) is 11.3. The van der Waals surface area contributed by atoms with Gasteiger partial charge >= 0.3 is 0 Å². The maximum absolute atomic E-state index is 11.0. The van der Waals surface area contributed by atoms with Gasteiger partial charge in [-0.2, -0.15) is 0 Å². The Labute approximate surface area is 106 Å². The number of carbonyl (C=O) groups excluding carboxylic acids is 1. The highest BCUT2D eigenvalue weighted by Gasteiger charge is 2.25. The summed E-state index contributed by atoms with van der Waals surface area (Å²) in [6.07, 6.45) is 6.18. The molecule has 0 spiro atoms. The second kappa shape index (κ2) is 3.57. The minimum absolute atomic E-state index is 0.287. The summed E-state index contributed by atoms with van der Waals surface area (Å²) in [5.74, 6) is 0.665. The Balaban J connectivity index is 2.21. The van der Waals surface area contributed by atoms with Gasteiger partial charge in [-0.25, -0.2) is 4.98 Å². The SMILES string of the molecule is O=C(Cl)c1cn2cc(C3CC3)cc(Br)c2n1. The summed E-state index contributed by atoms with van der Waals surface area (Å²) < 4.78 is 2.76. The molecule has 2 aromatic heterocycles. The fraction of sp³-hybridized carbons (Fsp3) is 0.273. The third-order valence-electron chi connectivity index (χ3n) is 2.78. The van der Waals surface area contributed by atoms with Gasteiger partial charge in [0, 0.05) is 12.4 Å². The maximum atomic E-state index is 11.0. The summed E-state index contributed by atoms with van der Waals surface area (Å²) in [5, 5.41) is -0.524. The molecule has 0 atom stereocenters.